The number of halogens is 2. The number of benzene rings is 1. The summed E-state index contributed by atoms with van der Waals surface area (Å²) in [5, 5.41) is 31.3. The van der Waals surface area contributed by atoms with Crippen molar-refractivity contribution in [2.75, 3.05) is 13.1 Å². The minimum Gasteiger partial charge on any atom is -0.512 e. The number of allylic oxidation sites excluding steroid dienone is 1. The molecule has 1 fully saturated rings. The van der Waals surface area contributed by atoms with Gasteiger partial charge in [0.1, 0.15) is 17.4 Å². The van der Waals surface area contributed by atoms with Gasteiger partial charge in [0.05, 0.1) is 12.6 Å². The number of likely N-dealkylation sites (tertiary alicyclic amines) is 1. The summed E-state index contributed by atoms with van der Waals surface area (Å²) in [5.74, 6) is -6.51. The molecule has 3 amide bonds. The third-order valence-corrected chi connectivity index (χ3v) is 5.51. The van der Waals surface area contributed by atoms with Crippen LogP contribution >= 0.6 is 0 Å². The van der Waals surface area contributed by atoms with E-state index >= 15 is 0 Å². The maximum atomic E-state index is 14.2. The van der Waals surface area contributed by atoms with Crippen molar-refractivity contribution in [3.63, 3.8) is 0 Å². The molecule has 0 radical (unpaired) electrons. The number of nitrogens with zero attached hydrogens (tertiary/aromatic N) is 1. The molecule has 1 saturated heterocycles. The number of hydrogen-bond acceptors (Lipinski definition) is 5. The van der Waals surface area contributed by atoms with E-state index in [0.717, 1.165) is 0 Å². The number of aliphatic hydroxyl groups is 2. The number of amides is 3. The molecule has 6 N–H and O–H groups in total. The summed E-state index contributed by atoms with van der Waals surface area (Å²) < 4.78 is 28.4. The van der Waals surface area contributed by atoms with Crippen LogP contribution < -0.4 is 16.0 Å². The Morgan fingerprint density at radius 1 is 1.29 bits per heavy atom. The number of nitrogens with one attached hydrogen (secondary N) is 2. The second-order valence-corrected chi connectivity index (χ2v) is 8.43. The molecule has 0 bridgehead atoms. The largest absolute Gasteiger partial charge is 0.512 e. The van der Waals surface area contributed by atoms with Gasteiger partial charge in [0.25, 0.3) is 17.7 Å². The van der Waals surface area contributed by atoms with Crippen LogP contribution in [-0.4, -0.2) is 75.7 Å². The van der Waals surface area contributed by atoms with E-state index in [-0.39, 0.29) is 30.0 Å². The van der Waals surface area contributed by atoms with Crippen LogP contribution in [0.3, 0.4) is 0 Å². The van der Waals surface area contributed by atoms with Crippen molar-refractivity contribution in [3.05, 3.63) is 59.9 Å². The first kappa shape index (κ1) is 27.6. The summed E-state index contributed by atoms with van der Waals surface area (Å²) in [6.45, 7) is 5.04. The zero-order valence-electron chi connectivity index (χ0n) is 19.6. The van der Waals surface area contributed by atoms with Crippen LogP contribution in [0, 0.1) is 0 Å². The third kappa shape index (κ3) is 7.19. The quantitative estimate of drug-likeness (QED) is 0.131. The Labute approximate surface area is 202 Å². The number of carbonyl (C=O) groups is 3. The number of rotatable bonds is 10. The Bertz CT molecular complexity index is 1010. The second-order valence-electron chi connectivity index (χ2n) is 8.43. The minimum absolute atomic E-state index is 0.0000775. The lowest BCUT2D eigenvalue weighted by Crippen LogP contribution is -2.56. The molecule has 1 aliphatic rings. The van der Waals surface area contributed by atoms with E-state index in [2.05, 4.69) is 17.2 Å². The Balaban J connectivity index is 2.35. The van der Waals surface area contributed by atoms with Crippen LogP contribution in [-0.2, 0) is 20.8 Å². The Morgan fingerprint density at radius 3 is 2.46 bits per heavy atom. The highest BCUT2D eigenvalue weighted by Crippen LogP contribution is 2.33. The molecule has 2 rings (SSSR count). The van der Waals surface area contributed by atoms with Crippen molar-refractivity contribution in [2.45, 2.75) is 50.8 Å². The summed E-state index contributed by atoms with van der Waals surface area (Å²) in [5.41, 5.74) is 0.397. The van der Waals surface area contributed by atoms with Gasteiger partial charge >= 0.3 is 0 Å². The molecular weight excluding hydrogens is 462 g/mol. The molecule has 1 aromatic rings. The molecule has 11 heteroatoms. The maximum absolute atomic E-state index is 14.2. The third-order valence-electron chi connectivity index (χ3n) is 5.51. The lowest BCUT2D eigenvalue weighted by molar-refractivity contribution is -0.147. The molecular formula is C24H31F2N4O5+. The minimum atomic E-state index is -3.33. The first-order valence-electron chi connectivity index (χ1n) is 11.0. The van der Waals surface area contributed by atoms with Crippen molar-refractivity contribution in [1.29, 1.82) is 0 Å². The fraction of sp³-hybridized carbons (Fsp3) is 0.417. The lowest BCUT2D eigenvalue weighted by atomic mass is 9.98. The van der Waals surface area contributed by atoms with Gasteiger partial charge in [-0.15, -0.1) is 6.58 Å². The number of aliphatic hydroxyl groups excluding tert-OH is 2. The molecule has 0 aliphatic carbocycles. The molecule has 35 heavy (non-hydrogen) atoms. The van der Waals surface area contributed by atoms with Crippen LogP contribution in [0.25, 0.3) is 0 Å². The topological polar surface area (TPSA) is 145 Å². The fourth-order valence-corrected chi connectivity index (χ4v) is 3.89. The standard InChI is InChI=1S/C24H30F2N4O5/c1-4-10-28-21(33)18-12-24(25,26)13-30(18)23(35)20(32)17(11-16-8-6-5-7-9-16)29-22(34)19(14(2)27)15(3)31/h4-9,17-18,20,27,31-32H,1,10-13H2,2-3H3,(H,28,33)(H,29,34)/p+1/b19-15+,27-14?/t17-,18-,20-/m0/s1. The molecule has 9 nitrogen and oxygen atoms in total. The monoisotopic (exact) mass is 493 g/mol. The Kier molecular flexibility index (Phi) is 9.24. The smallest absolute Gasteiger partial charge is 0.267 e. The predicted molar refractivity (Wildman–Crippen MR) is 124 cm³/mol. The van der Waals surface area contributed by atoms with Crippen molar-refractivity contribution < 1.29 is 38.8 Å². The number of alkyl halides is 2. The van der Waals surface area contributed by atoms with Gasteiger partial charge in [-0.3, -0.25) is 19.8 Å². The first-order chi connectivity index (χ1) is 16.4. The van der Waals surface area contributed by atoms with Crippen LogP contribution in [0.15, 0.2) is 54.3 Å². The Morgan fingerprint density at radius 2 is 1.91 bits per heavy atom. The van der Waals surface area contributed by atoms with Crippen LogP contribution in [0.1, 0.15) is 25.8 Å². The molecule has 1 heterocycles. The van der Waals surface area contributed by atoms with Gasteiger partial charge in [0.2, 0.25) is 5.91 Å². The van der Waals surface area contributed by atoms with Crippen LogP contribution in [0.4, 0.5) is 8.78 Å². The molecule has 0 spiro atoms. The highest BCUT2D eigenvalue weighted by atomic mass is 19.3. The fourth-order valence-electron chi connectivity index (χ4n) is 3.89. The summed E-state index contributed by atoms with van der Waals surface area (Å²) in [6, 6.07) is 5.78. The van der Waals surface area contributed by atoms with Crippen molar-refractivity contribution in [1.82, 2.24) is 15.5 Å². The summed E-state index contributed by atoms with van der Waals surface area (Å²) in [6.07, 6.45) is -1.55. The maximum Gasteiger partial charge on any atom is 0.267 e. The van der Waals surface area contributed by atoms with Gasteiger partial charge in [-0.25, -0.2) is 8.78 Å². The zero-order chi connectivity index (χ0) is 26.3. The van der Waals surface area contributed by atoms with Gasteiger partial charge in [0, 0.05) is 19.9 Å². The van der Waals surface area contributed by atoms with E-state index in [1.54, 1.807) is 30.3 Å². The second kappa shape index (κ2) is 11.7. The van der Waals surface area contributed by atoms with Gasteiger partial charge in [-0.2, -0.15) is 0 Å². The zero-order valence-corrected chi connectivity index (χ0v) is 19.6. The molecule has 1 aromatic carbocycles. The normalized spacial score (nSPS) is 19.2. The van der Waals surface area contributed by atoms with Gasteiger partial charge < -0.3 is 25.7 Å². The van der Waals surface area contributed by atoms with Gasteiger partial charge in [-0.05, 0) is 18.9 Å². The Hall–Kier alpha value is -3.60. The predicted octanol–water partition coefficient (Wildman–Crippen LogP) is -0.335. The van der Waals surface area contributed by atoms with Crippen molar-refractivity contribution in [2.24, 2.45) is 0 Å². The molecule has 190 valence electrons. The van der Waals surface area contributed by atoms with E-state index in [4.69, 9.17) is 5.41 Å². The first-order valence-corrected chi connectivity index (χ1v) is 11.0. The average Bonchev–Trinajstić information content (AvgIpc) is 3.11. The number of carbonyl (C=O) groups excluding carboxylic acids is 3. The van der Waals surface area contributed by atoms with Gasteiger partial charge in [-0.1, -0.05) is 36.4 Å². The summed E-state index contributed by atoms with van der Waals surface area (Å²) >= 11 is 0. The van der Waals surface area contributed by atoms with E-state index in [0.29, 0.717) is 10.5 Å². The van der Waals surface area contributed by atoms with E-state index < -0.39 is 54.8 Å². The number of hydrogen-bond donors (Lipinski definition) is 5. The van der Waals surface area contributed by atoms with Crippen LogP contribution in [0.2, 0.25) is 0 Å². The SMILES string of the molecule is C=CCNC(=O)[C@@H]1CC(F)(F)CN1C(=O)[C@@H](O)[C@H](Cc1ccccc1)NC(=O)/C(C(C)=[NH2+])=C(\C)O. The lowest BCUT2D eigenvalue weighted by Gasteiger charge is -2.30. The highest BCUT2D eigenvalue weighted by molar-refractivity contribution is 6.18. The van der Waals surface area contributed by atoms with E-state index in [1.165, 1.54) is 19.9 Å². The van der Waals surface area contributed by atoms with Crippen molar-refractivity contribution >= 4 is 23.4 Å². The summed E-state index contributed by atoms with van der Waals surface area (Å²) in [7, 11) is 0. The summed E-state index contributed by atoms with van der Waals surface area (Å²) in [4.78, 5) is 39.0. The van der Waals surface area contributed by atoms with E-state index in [1.807, 2.05) is 0 Å². The van der Waals surface area contributed by atoms with Crippen LogP contribution in [0.5, 0.6) is 0 Å². The van der Waals surface area contributed by atoms with Crippen molar-refractivity contribution in [3.8, 4) is 0 Å². The van der Waals surface area contributed by atoms with Gasteiger partial charge in [0.15, 0.2) is 11.8 Å². The molecule has 3 atom stereocenters. The average molecular weight is 494 g/mol. The molecule has 1 aliphatic heterocycles. The molecule has 0 saturated carbocycles. The molecule has 0 unspecified atom stereocenters. The molecule has 0 aromatic heterocycles. The number of nitrogens with two attached hydrogens (primary N) is 1. The highest BCUT2D eigenvalue weighted by Gasteiger charge is 2.51. The van der Waals surface area contributed by atoms with E-state index in [9.17, 15) is 33.4 Å².